The van der Waals surface area contributed by atoms with Crippen molar-refractivity contribution in [3.8, 4) is 0 Å². The minimum Gasteiger partial charge on any atom is -0.365 e. The highest BCUT2D eigenvalue weighted by molar-refractivity contribution is 6.31. The van der Waals surface area contributed by atoms with Crippen LogP contribution in [0, 0.1) is 6.92 Å². The maximum atomic E-state index is 13.8. The number of nitrogens with zero attached hydrogens (tertiary/aromatic N) is 2. The number of aliphatic hydroxyl groups is 1. The van der Waals surface area contributed by atoms with E-state index in [1.165, 1.54) is 4.90 Å². The summed E-state index contributed by atoms with van der Waals surface area (Å²) in [4.78, 5) is 16.8. The van der Waals surface area contributed by atoms with E-state index in [1.807, 2.05) is 45.0 Å². The van der Waals surface area contributed by atoms with E-state index in [4.69, 9.17) is 23.2 Å². The predicted octanol–water partition coefficient (Wildman–Crippen LogP) is 6.37. The lowest BCUT2D eigenvalue weighted by Crippen LogP contribution is -2.56. The summed E-state index contributed by atoms with van der Waals surface area (Å²) in [5.41, 5.74) is 0.182. The topological polar surface area (TPSA) is 43.8 Å². The Morgan fingerprint density at radius 1 is 0.800 bits per heavy atom. The van der Waals surface area contributed by atoms with Crippen LogP contribution in [0.1, 0.15) is 25.0 Å². The fourth-order valence-corrected chi connectivity index (χ4v) is 4.41. The van der Waals surface area contributed by atoms with Gasteiger partial charge >= 0.3 is 6.03 Å². The third-order valence-electron chi connectivity index (χ3n) is 5.71. The minimum absolute atomic E-state index is 0.339. The second-order valence-electron chi connectivity index (χ2n) is 8.01. The van der Waals surface area contributed by atoms with Crippen molar-refractivity contribution < 1.29 is 9.90 Å². The van der Waals surface area contributed by atoms with Gasteiger partial charge in [-0.15, -0.1) is 0 Å². The first kappa shape index (κ1) is 20.7. The molecular formula is C24H22Cl2N2O2. The third-order valence-corrected chi connectivity index (χ3v) is 6.21. The molecule has 1 saturated heterocycles. The molecule has 2 amide bonds. The van der Waals surface area contributed by atoms with Crippen molar-refractivity contribution in [3.05, 3.63) is 94.0 Å². The van der Waals surface area contributed by atoms with Crippen molar-refractivity contribution in [2.45, 2.75) is 32.0 Å². The van der Waals surface area contributed by atoms with Crippen molar-refractivity contribution in [1.29, 1.82) is 0 Å². The smallest absolute Gasteiger partial charge is 0.332 e. The lowest BCUT2D eigenvalue weighted by atomic mass is 9.83. The zero-order valence-electron chi connectivity index (χ0n) is 16.9. The molecule has 1 unspecified atom stereocenters. The van der Waals surface area contributed by atoms with Gasteiger partial charge in [0.15, 0.2) is 5.72 Å². The van der Waals surface area contributed by atoms with E-state index in [0.717, 1.165) is 5.56 Å². The highest BCUT2D eigenvalue weighted by Crippen LogP contribution is 2.50. The number of anilines is 2. The molecule has 3 aromatic carbocycles. The van der Waals surface area contributed by atoms with E-state index in [2.05, 4.69) is 0 Å². The van der Waals surface area contributed by atoms with Crippen molar-refractivity contribution >= 4 is 40.6 Å². The average Bonchev–Trinajstić information content (AvgIpc) is 2.86. The molecule has 0 saturated carbocycles. The number of halogens is 2. The molecule has 1 N–H and O–H groups in total. The number of hydrogen-bond acceptors (Lipinski definition) is 2. The van der Waals surface area contributed by atoms with E-state index in [-0.39, 0.29) is 6.03 Å². The maximum absolute atomic E-state index is 13.8. The lowest BCUT2D eigenvalue weighted by Gasteiger charge is -2.42. The summed E-state index contributed by atoms with van der Waals surface area (Å²) < 4.78 is 0. The molecule has 154 valence electrons. The summed E-state index contributed by atoms with van der Waals surface area (Å²) >= 11 is 12.1. The number of urea groups is 1. The summed E-state index contributed by atoms with van der Waals surface area (Å²) in [6, 6.07) is 21.2. The van der Waals surface area contributed by atoms with Crippen LogP contribution < -0.4 is 9.80 Å². The summed E-state index contributed by atoms with van der Waals surface area (Å²) in [5.74, 6) is 0. The van der Waals surface area contributed by atoms with E-state index in [0.29, 0.717) is 27.0 Å². The molecular weight excluding hydrogens is 419 g/mol. The summed E-state index contributed by atoms with van der Waals surface area (Å²) in [6.45, 7) is 5.68. The van der Waals surface area contributed by atoms with Crippen LogP contribution >= 0.6 is 23.2 Å². The van der Waals surface area contributed by atoms with Gasteiger partial charge in [0.1, 0.15) is 0 Å². The zero-order chi connectivity index (χ0) is 21.7. The molecule has 0 aliphatic carbocycles. The van der Waals surface area contributed by atoms with Gasteiger partial charge in [-0.25, -0.2) is 4.79 Å². The number of carbonyl (C=O) groups is 1. The Morgan fingerprint density at radius 3 is 1.80 bits per heavy atom. The van der Waals surface area contributed by atoms with Crippen LogP contribution in [0.2, 0.25) is 10.0 Å². The Bertz CT molecular complexity index is 1100. The predicted molar refractivity (Wildman–Crippen MR) is 122 cm³/mol. The molecule has 3 aromatic rings. The molecule has 4 rings (SSSR count). The Hall–Kier alpha value is -2.53. The first-order chi connectivity index (χ1) is 14.2. The molecule has 1 atom stereocenters. The van der Waals surface area contributed by atoms with Crippen molar-refractivity contribution in [2.24, 2.45) is 0 Å². The molecule has 6 heteroatoms. The molecule has 0 bridgehead atoms. The molecule has 1 aliphatic heterocycles. The fraction of sp³-hybridized carbons (Fsp3) is 0.208. The van der Waals surface area contributed by atoms with Crippen molar-refractivity contribution in [3.63, 3.8) is 0 Å². The second-order valence-corrected chi connectivity index (χ2v) is 8.88. The van der Waals surface area contributed by atoms with Crippen LogP contribution in [0.4, 0.5) is 16.2 Å². The van der Waals surface area contributed by atoms with Crippen LogP contribution in [0.15, 0.2) is 72.8 Å². The first-order valence-corrected chi connectivity index (χ1v) is 10.4. The first-order valence-electron chi connectivity index (χ1n) is 9.61. The van der Waals surface area contributed by atoms with Crippen LogP contribution in [0.5, 0.6) is 0 Å². The van der Waals surface area contributed by atoms with Gasteiger partial charge < -0.3 is 5.11 Å². The molecule has 1 aliphatic rings. The standard InChI is InChI=1S/C24H22Cl2N2O2/c1-16-5-4-6-17(15-16)24(30)23(2,3)27(20-11-7-18(25)8-12-20)22(29)28(24)21-13-9-19(26)10-14-21/h4-15,30H,1-3H3. The number of amides is 2. The summed E-state index contributed by atoms with van der Waals surface area (Å²) in [7, 11) is 0. The van der Waals surface area contributed by atoms with E-state index < -0.39 is 11.3 Å². The Balaban J connectivity index is 1.97. The van der Waals surface area contributed by atoms with E-state index in [9.17, 15) is 9.90 Å². The zero-order valence-corrected chi connectivity index (χ0v) is 18.4. The number of carbonyl (C=O) groups excluding carboxylic acids is 1. The van der Waals surface area contributed by atoms with Gasteiger partial charge in [-0.3, -0.25) is 9.80 Å². The Labute approximate surface area is 186 Å². The van der Waals surface area contributed by atoms with Gasteiger partial charge in [-0.2, -0.15) is 0 Å². The van der Waals surface area contributed by atoms with Crippen LogP contribution in [-0.2, 0) is 5.72 Å². The molecule has 0 radical (unpaired) electrons. The number of hydrogen-bond donors (Lipinski definition) is 1. The number of benzene rings is 3. The van der Waals surface area contributed by atoms with E-state index >= 15 is 0 Å². The van der Waals surface area contributed by atoms with Gasteiger partial charge in [-0.05, 0) is 69.3 Å². The molecule has 1 heterocycles. The average molecular weight is 441 g/mol. The normalized spacial score (nSPS) is 20.7. The van der Waals surface area contributed by atoms with Gasteiger partial charge in [0.25, 0.3) is 0 Å². The van der Waals surface area contributed by atoms with Gasteiger partial charge in [0, 0.05) is 27.0 Å². The highest BCUT2D eigenvalue weighted by Gasteiger charge is 2.64. The molecule has 0 aromatic heterocycles. The lowest BCUT2D eigenvalue weighted by molar-refractivity contribution is -0.00251. The van der Waals surface area contributed by atoms with Gasteiger partial charge in [0.2, 0.25) is 0 Å². The third kappa shape index (κ3) is 3.07. The minimum atomic E-state index is -1.64. The highest BCUT2D eigenvalue weighted by atomic mass is 35.5. The Kier molecular flexibility index (Phi) is 5.05. The summed E-state index contributed by atoms with van der Waals surface area (Å²) in [5, 5.41) is 13.4. The Morgan fingerprint density at radius 2 is 1.30 bits per heavy atom. The van der Waals surface area contributed by atoms with Crippen LogP contribution in [-0.4, -0.2) is 16.7 Å². The van der Waals surface area contributed by atoms with Gasteiger partial charge in [0.05, 0.1) is 5.54 Å². The summed E-state index contributed by atoms with van der Waals surface area (Å²) in [6.07, 6.45) is 0. The quantitative estimate of drug-likeness (QED) is 0.513. The van der Waals surface area contributed by atoms with Gasteiger partial charge in [-0.1, -0.05) is 53.0 Å². The maximum Gasteiger partial charge on any atom is 0.332 e. The molecule has 30 heavy (non-hydrogen) atoms. The SMILES string of the molecule is Cc1cccc(C2(O)N(c3ccc(Cl)cc3)C(=O)N(c3ccc(Cl)cc3)C2(C)C)c1. The number of aryl methyl sites for hydroxylation is 1. The van der Waals surface area contributed by atoms with Crippen LogP contribution in [0.25, 0.3) is 0 Å². The molecule has 1 fully saturated rings. The van der Waals surface area contributed by atoms with Crippen molar-refractivity contribution in [1.82, 2.24) is 0 Å². The largest absolute Gasteiger partial charge is 0.365 e. The fourth-order valence-electron chi connectivity index (χ4n) is 4.16. The second kappa shape index (κ2) is 7.31. The van der Waals surface area contributed by atoms with Crippen LogP contribution in [0.3, 0.4) is 0 Å². The van der Waals surface area contributed by atoms with E-state index in [1.54, 1.807) is 53.4 Å². The monoisotopic (exact) mass is 440 g/mol. The molecule has 0 spiro atoms. The van der Waals surface area contributed by atoms with Crippen molar-refractivity contribution in [2.75, 3.05) is 9.80 Å². The number of rotatable bonds is 3. The molecule has 4 nitrogen and oxygen atoms in total.